The number of likely N-dealkylation sites (tertiary alicyclic amines) is 2. The van der Waals surface area contributed by atoms with E-state index in [1.807, 2.05) is 53.4 Å². The van der Waals surface area contributed by atoms with Gasteiger partial charge in [-0.2, -0.15) is 0 Å². The quantitative estimate of drug-likeness (QED) is 0.436. The number of amides is 1. The number of para-hydroxylation sites is 2. The standard InChI is InChI=1S/C34H42FN5O3/c1-43-32-11-5-2-8-27(32)30-13-12-28(33(36-30)38-21-19-37(20-22-38)31-10-4-3-9-29(31)35)34(42)39-17-14-26(15-18-39)40-16-6-7-25(23-40)24-41/h2-5,8-13,25-26,41H,6-7,14-24H2,1H3/t25-/m0/s1. The van der Waals surface area contributed by atoms with Crippen molar-refractivity contribution in [3.63, 3.8) is 0 Å². The lowest BCUT2D eigenvalue weighted by molar-refractivity contribution is 0.0455. The number of aliphatic hydroxyl groups excluding tert-OH is 1. The summed E-state index contributed by atoms with van der Waals surface area (Å²) >= 11 is 0. The van der Waals surface area contributed by atoms with Gasteiger partial charge in [-0.15, -0.1) is 0 Å². The summed E-state index contributed by atoms with van der Waals surface area (Å²) in [7, 11) is 1.65. The highest BCUT2D eigenvalue weighted by atomic mass is 19.1. The maximum absolute atomic E-state index is 14.5. The molecule has 1 N–H and O–H groups in total. The summed E-state index contributed by atoms with van der Waals surface area (Å²) < 4.78 is 20.1. The van der Waals surface area contributed by atoms with Crippen molar-refractivity contribution in [3.05, 3.63) is 72.0 Å². The maximum atomic E-state index is 14.5. The topological polar surface area (TPSA) is 72.4 Å². The summed E-state index contributed by atoms with van der Waals surface area (Å²) in [6, 6.07) is 19.0. The van der Waals surface area contributed by atoms with E-state index in [1.54, 1.807) is 13.2 Å². The Bertz CT molecular complexity index is 1400. The minimum absolute atomic E-state index is 0.0101. The highest BCUT2D eigenvalue weighted by Crippen LogP contribution is 2.33. The number of anilines is 2. The van der Waals surface area contributed by atoms with E-state index in [1.165, 1.54) is 6.07 Å². The van der Waals surface area contributed by atoms with Gasteiger partial charge in [-0.25, -0.2) is 9.37 Å². The van der Waals surface area contributed by atoms with Gasteiger partial charge in [0, 0.05) is 64.0 Å². The van der Waals surface area contributed by atoms with E-state index < -0.39 is 0 Å². The summed E-state index contributed by atoms with van der Waals surface area (Å²) in [5.41, 5.74) is 2.84. The number of hydrogen-bond donors (Lipinski definition) is 1. The predicted octanol–water partition coefficient (Wildman–Crippen LogP) is 4.53. The molecule has 0 bridgehead atoms. The minimum Gasteiger partial charge on any atom is -0.496 e. The van der Waals surface area contributed by atoms with Gasteiger partial charge in [0.1, 0.15) is 17.4 Å². The monoisotopic (exact) mass is 587 g/mol. The predicted molar refractivity (Wildman–Crippen MR) is 167 cm³/mol. The van der Waals surface area contributed by atoms with Gasteiger partial charge in [0.2, 0.25) is 0 Å². The Morgan fingerprint density at radius 1 is 0.907 bits per heavy atom. The number of halogens is 1. The van der Waals surface area contributed by atoms with E-state index in [0.29, 0.717) is 68.3 Å². The Hall–Kier alpha value is -3.69. The van der Waals surface area contributed by atoms with Gasteiger partial charge in [0.15, 0.2) is 0 Å². The van der Waals surface area contributed by atoms with Gasteiger partial charge in [-0.1, -0.05) is 24.3 Å². The molecule has 0 radical (unpaired) electrons. The normalized spacial score (nSPS) is 20.3. The van der Waals surface area contributed by atoms with Crippen molar-refractivity contribution in [1.29, 1.82) is 0 Å². The SMILES string of the molecule is COc1ccccc1-c1ccc(C(=O)N2CCC(N3CCC[C@H](CO)C3)CC2)c(N2CCN(c3ccccc3F)CC2)n1. The number of methoxy groups -OCH3 is 1. The van der Waals surface area contributed by atoms with Crippen LogP contribution in [0.4, 0.5) is 15.9 Å². The molecule has 3 fully saturated rings. The number of nitrogens with zero attached hydrogens (tertiary/aromatic N) is 5. The lowest BCUT2D eigenvalue weighted by Gasteiger charge is -2.42. The first-order valence-corrected chi connectivity index (χ1v) is 15.6. The molecule has 0 saturated carbocycles. The first-order valence-electron chi connectivity index (χ1n) is 15.6. The van der Waals surface area contributed by atoms with Crippen molar-refractivity contribution in [2.24, 2.45) is 5.92 Å². The number of rotatable bonds is 7. The molecule has 8 nitrogen and oxygen atoms in total. The summed E-state index contributed by atoms with van der Waals surface area (Å²) in [5.74, 6) is 1.56. The van der Waals surface area contributed by atoms with Gasteiger partial charge in [-0.05, 0) is 74.5 Å². The van der Waals surface area contributed by atoms with E-state index in [2.05, 4.69) is 14.7 Å². The zero-order valence-corrected chi connectivity index (χ0v) is 25.0. The molecule has 228 valence electrons. The largest absolute Gasteiger partial charge is 0.496 e. The number of benzene rings is 2. The lowest BCUT2D eigenvalue weighted by atomic mass is 9.94. The first-order chi connectivity index (χ1) is 21.1. The number of piperidine rings is 2. The van der Waals surface area contributed by atoms with Crippen LogP contribution >= 0.6 is 0 Å². The molecule has 0 spiro atoms. The van der Waals surface area contributed by atoms with Gasteiger partial charge >= 0.3 is 0 Å². The maximum Gasteiger partial charge on any atom is 0.257 e. The van der Waals surface area contributed by atoms with Crippen LogP contribution in [0.1, 0.15) is 36.0 Å². The fraction of sp³-hybridized carbons (Fsp3) is 0.471. The third-order valence-electron chi connectivity index (χ3n) is 9.34. The number of pyridine rings is 1. The number of piperazine rings is 1. The molecule has 2 aromatic carbocycles. The molecule has 9 heteroatoms. The van der Waals surface area contributed by atoms with Crippen LogP contribution < -0.4 is 14.5 Å². The van der Waals surface area contributed by atoms with Crippen LogP contribution in [0.15, 0.2) is 60.7 Å². The third kappa shape index (κ3) is 6.33. The van der Waals surface area contributed by atoms with E-state index in [9.17, 15) is 14.3 Å². The van der Waals surface area contributed by atoms with E-state index in [4.69, 9.17) is 9.72 Å². The molecular formula is C34H42FN5O3. The van der Waals surface area contributed by atoms with Crippen LogP contribution in [0.25, 0.3) is 11.3 Å². The Labute approximate surface area is 253 Å². The van der Waals surface area contributed by atoms with Crippen LogP contribution in [-0.2, 0) is 0 Å². The molecule has 1 amide bonds. The van der Waals surface area contributed by atoms with Crippen LogP contribution in [-0.4, -0.2) is 97.9 Å². The molecule has 3 aromatic rings. The van der Waals surface area contributed by atoms with Gasteiger partial charge in [-0.3, -0.25) is 9.69 Å². The Morgan fingerprint density at radius 2 is 1.63 bits per heavy atom. The van der Waals surface area contributed by atoms with Crippen LogP contribution in [0, 0.1) is 11.7 Å². The fourth-order valence-corrected chi connectivity index (χ4v) is 6.91. The molecule has 1 atom stereocenters. The first kappa shape index (κ1) is 29.4. The van der Waals surface area contributed by atoms with Crippen molar-refractivity contribution in [2.45, 2.75) is 31.7 Å². The second-order valence-corrected chi connectivity index (χ2v) is 11.9. The highest BCUT2D eigenvalue weighted by Gasteiger charge is 2.32. The van der Waals surface area contributed by atoms with Crippen LogP contribution in [0.5, 0.6) is 5.75 Å². The number of carbonyl (C=O) groups excluding carboxylic acids is 1. The third-order valence-corrected chi connectivity index (χ3v) is 9.34. The molecule has 0 aliphatic carbocycles. The molecule has 6 rings (SSSR count). The van der Waals surface area contributed by atoms with Crippen molar-refractivity contribution in [1.82, 2.24) is 14.8 Å². The fourth-order valence-electron chi connectivity index (χ4n) is 6.91. The van der Waals surface area contributed by atoms with E-state index in [0.717, 1.165) is 55.8 Å². The van der Waals surface area contributed by atoms with Crippen molar-refractivity contribution in [2.75, 3.05) is 75.9 Å². The molecule has 1 aromatic heterocycles. The van der Waals surface area contributed by atoms with Crippen LogP contribution in [0.2, 0.25) is 0 Å². The average molecular weight is 588 g/mol. The summed E-state index contributed by atoms with van der Waals surface area (Å²) in [4.78, 5) is 27.9. The molecule has 3 aliphatic rings. The zero-order chi connectivity index (χ0) is 29.8. The molecule has 4 heterocycles. The van der Waals surface area contributed by atoms with Gasteiger partial charge in [0.05, 0.1) is 24.1 Å². The lowest BCUT2D eigenvalue weighted by Crippen LogP contribution is -2.50. The Balaban J connectivity index is 1.22. The summed E-state index contributed by atoms with van der Waals surface area (Å²) in [6.07, 6.45) is 4.10. The molecular weight excluding hydrogens is 545 g/mol. The number of carbonyl (C=O) groups is 1. The van der Waals surface area contributed by atoms with Crippen LogP contribution in [0.3, 0.4) is 0 Å². The highest BCUT2D eigenvalue weighted by molar-refractivity contribution is 5.99. The molecule has 0 unspecified atom stereocenters. The van der Waals surface area contributed by atoms with Gasteiger partial charge < -0.3 is 24.5 Å². The number of hydrogen-bond acceptors (Lipinski definition) is 7. The van der Waals surface area contributed by atoms with Crippen molar-refractivity contribution < 1.29 is 19.0 Å². The number of aromatic nitrogens is 1. The second kappa shape index (κ2) is 13.3. The number of ether oxygens (including phenoxy) is 1. The van der Waals surface area contributed by atoms with Gasteiger partial charge in [0.25, 0.3) is 5.91 Å². The molecule has 43 heavy (non-hydrogen) atoms. The average Bonchev–Trinajstić information content (AvgIpc) is 3.08. The zero-order valence-electron chi connectivity index (χ0n) is 25.0. The summed E-state index contributed by atoms with van der Waals surface area (Å²) in [5, 5.41) is 9.67. The Morgan fingerprint density at radius 3 is 2.37 bits per heavy atom. The summed E-state index contributed by atoms with van der Waals surface area (Å²) in [6.45, 7) is 6.20. The molecule has 3 aliphatic heterocycles. The smallest absolute Gasteiger partial charge is 0.257 e. The Kier molecular flexibility index (Phi) is 9.09. The second-order valence-electron chi connectivity index (χ2n) is 11.9. The minimum atomic E-state index is -0.219. The van der Waals surface area contributed by atoms with Crippen molar-refractivity contribution >= 4 is 17.4 Å². The van der Waals surface area contributed by atoms with Crippen molar-refractivity contribution in [3.8, 4) is 17.0 Å². The van der Waals surface area contributed by atoms with E-state index in [-0.39, 0.29) is 18.3 Å². The van der Waals surface area contributed by atoms with E-state index >= 15 is 0 Å². The molecule has 3 saturated heterocycles. The number of aliphatic hydroxyl groups is 1.